The van der Waals surface area contributed by atoms with E-state index in [0.717, 1.165) is 11.6 Å². The Bertz CT molecular complexity index is 1040. The van der Waals surface area contributed by atoms with E-state index in [1.165, 1.54) is 7.11 Å². The van der Waals surface area contributed by atoms with Crippen LogP contribution in [0.1, 0.15) is 26.5 Å². The lowest BCUT2D eigenvalue weighted by molar-refractivity contribution is 0.0589. The molecule has 1 aliphatic rings. The van der Waals surface area contributed by atoms with Gasteiger partial charge in [-0.1, -0.05) is 12.1 Å². The number of amides is 1. The van der Waals surface area contributed by atoms with E-state index < -0.39 is 5.97 Å². The van der Waals surface area contributed by atoms with Gasteiger partial charge >= 0.3 is 5.97 Å². The average molecular weight is 380 g/mol. The number of hydrogen-bond donors (Lipinski definition) is 0. The first-order chi connectivity index (χ1) is 13.6. The molecule has 0 radical (unpaired) electrons. The van der Waals surface area contributed by atoms with E-state index in [0.29, 0.717) is 37.4 Å². The number of fused-ring (bicyclic) bond motifs is 1. The Balaban J connectivity index is 1.52. The zero-order valence-electron chi connectivity index (χ0n) is 15.7. The number of aryl methyl sites for hydroxylation is 1. The largest absolute Gasteiger partial charge is 0.465 e. The third-order valence-corrected chi connectivity index (χ3v) is 4.91. The number of esters is 1. The van der Waals surface area contributed by atoms with Gasteiger partial charge in [-0.05, 0) is 19.1 Å². The van der Waals surface area contributed by atoms with Crippen molar-refractivity contribution in [1.82, 2.24) is 24.5 Å². The van der Waals surface area contributed by atoms with Crippen molar-refractivity contribution in [2.24, 2.45) is 0 Å². The third kappa shape index (κ3) is 3.04. The van der Waals surface area contributed by atoms with Gasteiger partial charge in [0.15, 0.2) is 5.82 Å². The Hall–Kier alpha value is -3.49. The smallest absolute Gasteiger partial charge is 0.338 e. The van der Waals surface area contributed by atoms with Gasteiger partial charge in [-0.15, -0.1) is 10.2 Å². The van der Waals surface area contributed by atoms with Gasteiger partial charge in [0.2, 0.25) is 5.65 Å². The van der Waals surface area contributed by atoms with Crippen molar-refractivity contribution in [3.8, 4) is 0 Å². The molecule has 1 amide bonds. The van der Waals surface area contributed by atoms with Crippen LogP contribution in [0, 0.1) is 6.92 Å². The van der Waals surface area contributed by atoms with E-state index in [2.05, 4.69) is 20.1 Å². The van der Waals surface area contributed by atoms with Gasteiger partial charge in [-0.2, -0.15) is 0 Å². The van der Waals surface area contributed by atoms with Crippen molar-refractivity contribution >= 4 is 23.3 Å². The summed E-state index contributed by atoms with van der Waals surface area (Å²) in [6.07, 6.45) is 3.56. The van der Waals surface area contributed by atoms with Crippen LogP contribution in [0.5, 0.6) is 0 Å². The quantitative estimate of drug-likeness (QED) is 0.630. The minimum Gasteiger partial charge on any atom is -0.465 e. The standard InChI is InChI=1S/C19H20N6O3/c1-13-21-22-17-16(20-7-8-25(13)17)23-9-11-24(12-10-23)18(26)14-5-3-4-6-15(14)19(27)28-2/h3-8H,9-12H2,1-2H3. The fourth-order valence-corrected chi connectivity index (χ4v) is 3.40. The molecule has 28 heavy (non-hydrogen) atoms. The average Bonchev–Trinajstić information content (AvgIpc) is 3.14. The van der Waals surface area contributed by atoms with Gasteiger partial charge in [-0.25, -0.2) is 9.78 Å². The van der Waals surface area contributed by atoms with Gasteiger partial charge in [0.1, 0.15) is 5.82 Å². The summed E-state index contributed by atoms with van der Waals surface area (Å²) in [5.74, 6) is 0.864. The molecule has 0 bridgehead atoms. The first-order valence-electron chi connectivity index (χ1n) is 8.98. The minimum absolute atomic E-state index is 0.176. The van der Waals surface area contributed by atoms with E-state index >= 15 is 0 Å². The van der Waals surface area contributed by atoms with Gasteiger partial charge in [0.25, 0.3) is 5.91 Å². The number of carbonyl (C=O) groups excluding carboxylic acids is 2. The predicted octanol–water partition coefficient (Wildman–Crippen LogP) is 1.18. The summed E-state index contributed by atoms with van der Waals surface area (Å²) in [5.41, 5.74) is 1.34. The number of hydrogen-bond acceptors (Lipinski definition) is 7. The van der Waals surface area contributed by atoms with Gasteiger partial charge in [0.05, 0.1) is 18.2 Å². The molecule has 1 fully saturated rings. The van der Waals surface area contributed by atoms with Gasteiger partial charge < -0.3 is 14.5 Å². The predicted molar refractivity (Wildman–Crippen MR) is 101 cm³/mol. The normalized spacial score (nSPS) is 14.4. The van der Waals surface area contributed by atoms with Crippen molar-refractivity contribution in [2.75, 3.05) is 38.2 Å². The fraction of sp³-hybridized carbons (Fsp3) is 0.316. The first kappa shape index (κ1) is 17.9. The van der Waals surface area contributed by atoms with Crippen molar-refractivity contribution in [2.45, 2.75) is 6.92 Å². The molecule has 0 saturated carbocycles. The molecule has 0 unspecified atom stereocenters. The maximum atomic E-state index is 13.0. The van der Waals surface area contributed by atoms with Crippen LogP contribution >= 0.6 is 0 Å². The Kier molecular flexibility index (Phi) is 4.64. The van der Waals surface area contributed by atoms with Crippen LogP contribution in [-0.4, -0.2) is 69.6 Å². The van der Waals surface area contributed by atoms with Gasteiger partial charge in [0, 0.05) is 38.6 Å². The summed E-state index contributed by atoms with van der Waals surface area (Å²) in [7, 11) is 1.31. The van der Waals surface area contributed by atoms with Crippen molar-refractivity contribution in [1.29, 1.82) is 0 Å². The summed E-state index contributed by atoms with van der Waals surface area (Å²) >= 11 is 0. The molecule has 3 aromatic rings. The number of carbonyl (C=O) groups is 2. The zero-order valence-corrected chi connectivity index (χ0v) is 15.7. The molecule has 0 aliphatic carbocycles. The highest BCUT2D eigenvalue weighted by Crippen LogP contribution is 2.20. The lowest BCUT2D eigenvalue weighted by atomic mass is 10.1. The molecule has 2 aromatic heterocycles. The second kappa shape index (κ2) is 7.26. The monoisotopic (exact) mass is 380 g/mol. The Labute approximate surface area is 161 Å². The molecule has 9 nitrogen and oxygen atoms in total. The molecule has 4 rings (SSSR count). The van der Waals surface area contributed by atoms with Gasteiger partial charge in [-0.3, -0.25) is 9.20 Å². The molecule has 0 N–H and O–H groups in total. The van der Waals surface area contributed by atoms with Crippen LogP contribution in [0.15, 0.2) is 36.7 Å². The van der Waals surface area contributed by atoms with Crippen LogP contribution in [0.2, 0.25) is 0 Å². The molecule has 9 heteroatoms. The number of aromatic nitrogens is 4. The molecule has 144 valence electrons. The van der Waals surface area contributed by atoms with E-state index in [1.54, 1.807) is 35.4 Å². The van der Waals surface area contributed by atoms with Crippen LogP contribution in [0.3, 0.4) is 0 Å². The third-order valence-electron chi connectivity index (χ3n) is 4.91. The maximum absolute atomic E-state index is 13.0. The number of anilines is 1. The van der Waals surface area contributed by atoms with E-state index in [9.17, 15) is 9.59 Å². The molecule has 0 atom stereocenters. The van der Waals surface area contributed by atoms with Crippen molar-refractivity contribution < 1.29 is 14.3 Å². The molecule has 1 aliphatic heterocycles. The Morgan fingerprint density at radius 1 is 1.04 bits per heavy atom. The molecule has 1 aromatic carbocycles. The maximum Gasteiger partial charge on any atom is 0.338 e. The van der Waals surface area contributed by atoms with E-state index in [1.807, 2.05) is 17.5 Å². The van der Waals surface area contributed by atoms with Crippen LogP contribution in [0.25, 0.3) is 5.65 Å². The van der Waals surface area contributed by atoms with E-state index in [4.69, 9.17) is 4.74 Å². The lowest BCUT2D eigenvalue weighted by Crippen LogP contribution is -2.49. The summed E-state index contributed by atoms with van der Waals surface area (Å²) in [6, 6.07) is 6.72. The number of ether oxygens (including phenoxy) is 1. The second-order valence-electron chi connectivity index (χ2n) is 6.51. The SMILES string of the molecule is COC(=O)c1ccccc1C(=O)N1CCN(c2nccn3c(C)nnc23)CC1. The molecular weight excluding hydrogens is 360 g/mol. The number of rotatable bonds is 3. The lowest BCUT2D eigenvalue weighted by Gasteiger charge is -2.35. The number of nitrogens with zero attached hydrogens (tertiary/aromatic N) is 6. The van der Waals surface area contributed by atoms with Crippen molar-refractivity contribution in [3.05, 3.63) is 53.6 Å². The highest BCUT2D eigenvalue weighted by atomic mass is 16.5. The summed E-state index contributed by atoms with van der Waals surface area (Å²) in [6.45, 7) is 4.16. The van der Waals surface area contributed by atoms with Crippen LogP contribution < -0.4 is 4.90 Å². The van der Waals surface area contributed by atoms with Crippen LogP contribution in [-0.2, 0) is 4.74 Å². The minimum atomic E-state index is -0.513. The number of benzene rings is 1. The fourth-order valence-electron chi connectivity index (χ4n) is 3.40. The zero-order chi connectivity index (χ0) is 19.7. The molecule has 1 saturated heterocycles. The molecule has 0 spiro atoms. The van der Waals surface area contributed by atoms with Crippen molar-refractivity contribution in [3.63, 3.8) is 0 Å². The summed E-state index contributed by atoms with van der Waals surface area (Å²) in [5, 5.41) is 8.32. The Morgan fingerprint density at radius 3 is 2.46 bits per heavy atom. The topological polar surface area (TPSA) is 92.9 Å². The number of piperazine rings is 1. The highest BCUT2D eigenvalue weighted by Gasteiger charge is 2.27. The summed E-state index contributed by atoms with van der Waals surface area (Å²) < 4.78 is 6.69. The molecule has 3 heterocycles. The second-order valence-corrected chi connectivity index (χ2v) is 6.51. The Morgan fingerprint density at radius 2 is 1.75 bits per heavy atom. The number of methoxy groups -OCH3 is 1. The first-order valence-corrected chi connectivity index (χ1v) is 8.98. The van der Waals surface area contributed by atoms with E-state index in [-0.39, 0.29) is 11.5 Å². The summed E-state index contributed by atoms with van der Waals surface area (Å²) in [4.78, 5) is 33.2. The highest BCUT2D eigenvalue weighted by molar-refractivity contribution is 6.05. The molecular formula is C19H20N6O3. The van der Waals surface area contributed by atoms with Crippen LogP contribution in [0.4, 0.5) is 5.82 Å².